The van der Waals surface area contributed by atoms with E-state index in [2.05, 4.69) is 10.6 Å². The van der Waals surface area contributed by atoms with Crippen molar-refractivity contribution in [3.63, 3.8) is 0 Å². The van der Waals surface area contributed by atoms with E-state index in [1.54, 1.807) is 12.0 Å². The van der Waals surface area contributed by atoms with Gasteiger partial charge >= 0.3 is 0 Å². The zero-order chi connectivity index (χ0) is 17.6. The maximum absolute atomic E-state index is 12.3. The van der Waals surface area contributed by atoms with Gasteiger partial charge in [-0.2, -0.15) is 0 Å². The molecule has 2 saturated heterocycles. The first-order valence-electron chi connectivity index (χ1n) is 9.10. The van der Waals surface area contributed by atoms with E-state index in [0.717, 1.165) is 43.8 Å². The fraction of sp³-hybridized carbons (Fsp3) is 0.579. The minimum Gasteiger partial charge on any atom is -0.497 e. The van der Waals surface area contributed by atoms with Gasteiger partial charge in [-0.25, -0.2) is 0 Å². The third-order valence-electron chi connectivity index (χ3n) is 5.09. The summed E-state index contributed by atoms with van der Waals surface area (Å²) in [5, 5.41) is 6.37. The molecule has 2 fully saturated rings. The molecule has 136 valence electrons. The molecule has 3 rings (SSSR count). The minimum atomic E-state index is -0.112. The number of carbonyl (C=O) groups excluding carboxylic acids is 2. The second kappa shape index (κ2) is 8.34. The molecule has 1 aromatic carbocycles. The number of amides is 2. The Morgan fingerprint density at radius 2 is 2.16 bits per heavy atom. The standard InChI is InChI=1S/C19H27N3O3/c1-25-17-4-2-3-16(12-17)22-13-15(11-19(22)24)21-18(23)6-5-14-7-9-20-10-8-14/h2-4,12,14-15,20H,5-11,13H2,1H3,(H,21,23). The van der Waals surface area contributed by atoms with Crippen LogP contribution in [0.25, 0.3) is 0 Å². The van der Waals surface area contributed by atoms with Crippen LogP contribution in [0.5, 0.6) is 5.75 Å². The predicted molar refractivity (Wildman–Crippen MR) is 96.7 cm³/mol. The van der Waals surface area contributed by atoms with E-state index >= 15 is 0 Å². The molecule has 1 unspecified atom stereocenters. The maximum atomic E-state index is 12.3. The van der Waals surface area contributed by atoms with Gasteiger partial charge in [-0.05, 0) is 50.4 Å². The third kappa shape index (κ3) is 4.72. The highest BCUT2D eigenvalue weighted by atomic mass is 16.5. The van der Waals surface area contributed by atoms with E-state index in [1.165, 1.54) is 0 Å². The first-order valence-corrected chi connectivity index (χ1v) is 9.10. The van der Waals surface area contributed by atoms with Crippen molar-refractivity contribution in [2.45, 2.75) is 38.1 Å². The molecule has 1 atom stereocenters. The number of benzene rings is 1. The number of nitrogens with one attached hydrogen (secondary N) is 2. The normalized spacial score (nSPS) is 21.4. The van der Waals surface area contributed by atoms with Gasteiger partial charge in [0.15, 0.2) is 0 Å². The number of rotatable bonds is 6. The molecule has 0 spiro atoms. The van der Waals surface area contributed by atoms with Crippen LogP contribution in [0, 0.1) is 5.92 Å². The fourth-order valence-corrected chi connectivity index (χ4v) is 3.64. The number of methoxy groups -OCH3 is 1. The van der Waals surface area contributed by atoms with E-state index in [0.29, 0.717) is 25.3 Å². The Balaban J connectivity index is 1.49. The van der Waals surface area contributed by atoms with Crippen molar-refractivity contribution in [2.24, 2.45) is 5.92 Å². The largest absolute Gasteiger partial charge is 0.497 e. The Morgan fingerprint density at radius 3 is 2.92 bits per heavy atom. The fourth-order valence-electron chi connectivity index (χ4n) is 3.64. The highest BCUT2D eigenvalue weighted by Crippen LogP contribution is 2.25. The quantitative estimate of drug-likeness (QED) is 0.823. The molecule has 25 heavy (non-hydrogen) atoms. The van der Waals surface area contributed by atoms with Crippen LogP contribution in [0.1, 0.15) is 32.1 Å². The summed E-state index contributed by atoms with van der Waals surface area (Å²) >= 11 is 0. The molecule has 6 heteroatoms. The summed E-state index contributed by atoms with van der Waals surface area (Å²) < 4.78 is 5.22. The molecular formula is C19H27N3O3. The van der Waals surface area contributed by atoms with Gasteiger partial charge in [0.25, 0.3) is 0 Å². The number of ether oxygens (including phenoxy) is 1. The lowest BCUT2D eigenvalue weighted by Crippen LogP contribution is -2.37. The molecular weight excluding hydrogens is 318 g/mol. The van der Waals surface area contributed by atoms with Crippen LogP contribution >= 0.6 is 0 Å². The SMILES string of the molecule is COc1cccc(N2CC(NC(=O)CCC3CCNCC3)CC2=O)c1. The van der Waals surface area contributed by atoms with Crippen LogP contribution < -0.4 is 20.3 Å². The predicted octanol–water partition coefficient (Wildman–Crippen LogP) is 1.70. The second-order valence-corrected chi connectivity index (χ2v) is 6.91. The van der Waals surface area contributed by atoms with Crippen LogP contribution in [0.3, 0.4) is 0 Å². The summed E-state index contributed by atoms with van der Waals surface area (Å²) in [7, 11) is 1.61. The van der Waals surface area contributed by atoms with Crippen LogP contribution in [-0.4, -0.2) is 44.6 Å². The monoisotopic (exact) mass is 345 g/mol. The van der Waals surface area contributed by atoms with Crippen molar-refractivity contribution in [1.29, 1.82) is 0 Å². The second-order valence-electron chi connectivity index (χ2n) is 6.91. The van der Waals surface area contributed by atoms with Gasteiger partial charge in [0.05, 0.1) is 13.2 Å². The van der Waals surface area contributed by atoms with Crippen molar-refractivity contribution in [2.75, 3.05) is 31.6 Å². The summed E-state index contributed by atoms with van der Waals surface area (Å²) in [5.74, 6) is 1.46. The van der Waals surface area contributed by atoms with Crippen LogP contribution in [0.4, 0.5) is 5.69 Å². The van der Waals surface area contributed by atoms with E-state index in [9.17, 15) is 9.59 Å². The molecule has 0 bridgehead atoms. The number of anilines is 1. The average Bonchev–Trinajstić information content (AvgIpc) is 3.01. The summed E-state index contributed by atoms with van der Waals surface area (Å²) in [6.45, 7) is 2.63. The van der Waals surface area contributed by atoms with Crippen LogP contribution in [-0.2, 0) is 9.59 Å². The van der Waals surface area contributed by atoms with Crippen LogP contribution in [0.15, 0.2) is 24.3 Å². The van der Waals surface area contributed by atoms with Gasteiger partial charge in [-0.3, -0.25) is 9.59 Å². The molecule has 1 aromatic rings. The summed E-state index contributed by atoms with van der Waals surface area (Å²) in [6.07, 6.45) is 4.15. The average molecular weight is 345 g/mol. The van der Waals surface area contributed by atoms with Gasteiger partial charge in [0.1, 0.15) is 5.75 Å². The Hall–Kier alpha value is -2.08. The molecule has 2 heterocycles. The van der Waals surface area contributed by atoms with Crippen molar-refractivity contribution < 1.29 is 14.3 Å². The molecule has 2 aliphatic rings. The maximum Gasteiger partial charge on any atom is 0.229 e. The molecule has 6 nitrogen and oxygen atoms in total. The Morgan fingerprint density at radius 1 is 1.36 bits per heavy atom. The summed E-state index contributed by atoms with van der Waals surface area (Å²) in [5.41, 5.74) is 0.816. The van der Waals surface area contributed by atoms with Gasteiger partial charge < -0.3 is 20.3 Å². The number of piperidine rings is 1. The van der Waals surface area contributed by atoms with Crippen molar-refractivity contribution in [3.8, 4) is 5.75 Å². The van der Waals surface area contributed by atoms with Gasteiger partial charge in [-0.1, -0.05) is 6.07 Å². The molecule has 0 aromatic heterocycles. The van der Waals surface area contributed by atoms with Crippen LogP contribution in [0.2, 0.25) is 0 Å². The Labute approximate surface area is 148 Å². The van der Waals surface area contributed by atoms with Crippen molar-refractivity contribution >= 4 is 17.5 Å². The Bertz CT molecular complexity index is 614. The first kappa shape index (κ1) is 17.7. The number of hydrogen-bond acceptors (Lipinski definition) is 4. The Kier molecular flexibility index (Phi) is 5.91. The smallest absolute Gasteiger partial charge is 0.229 e. The lowest BCUT2D eigenvalue weighted by atomic mass is 9.93. The summed E-state index contributed by atoms with van der Waals surface area (Å²) in [4.78, 5) is 26.2. The minimum absolute atomic E-state index is 0.0388. The zero-order valence-electron chi connectivity index (χ0n) is 14.8. The van der Waals surface area contributed by atoms with Crippen molar-refractivity contribution in [3.05, 3.63) is 24.3 Å². The number of carbonyl (C=O) groups is 2. The van der Waals surface area contributed by atoms with Crippen molar-refractivity contribution in [1.82, 2.24) is 10.6 Å². The highest BCUT2D eigenvalue weighted by molar-refractivity contribution is 5.97. The molecule has 0 aliphatic carbocycles. The highest BCUT2D eigenvalue weighted by Gasteiger charge is 2.31. The van der Waals surface area contributed by atoms with E-state index in [4.69, 9.17) is 4.74 Å². The molecule has 2 aliphatic heterocycles. The first-order chi connectivity index (χ1) is 12.2. The topological polar surface area (TPSA) is 70.7 Å². The van der Waals surface area contributed by atoms with E-state index < -0.39 is 0 Å². The lowest BCUT2D eigenvalue weighted by molar-refractivity contribution is -0.122. The van der Waals surface area contributed by atoms with E-state index in [-0.39, 0.29) is 17.9 Å². The number of hydrogen-bond donors (Lipinski definition) is 2. The summed E-state index contributed by atoms with van der Waals surface area (Å²) in [6, 6.07) is 7.34. The van der Waals surface area contributed by atoms with Gasteiger partial charge in [0, 0.05) is 31.1 Å². The molecule has 2 amide bonds. The lowest BCUT2D eigenvalue weighted by Gasteiger charge is -2.22. The molecule has 0 saturated carbocycles. The molecule has 0 radical (unpaired) electrons. The van der Waals surface area contributed by atoms with Gasteiger partial charge in [-0.15, -0.1) is 0 Å². The molecule has 2 N–H and O–H groups in total. The number of nitrogens with zero attached hydrogens (tertiary/aromatic N) is 1. The zero-order valence-corrected chi connectivity index (χ0v) is 14.8. The third-order valence-corrected chi connectivity index (χ3v) is 5.09. The van der Waals surface area contributed by atoms with E-state index in [1.807, 2.05) is 24.3 Å². The van der Waals surface area contributed by atoms with Gasteiger partial charge in [0.2, 0.25) is 11.8 Å².